The maximum Gasteiger partial charge on any atom is 0.318 e. The van der Waals surface area contributed by atoms with Gasteiger partial charge < -0.3 is 20.0 Å². The number of rotatable bonds is 6. The summed E-state index contributed by atoms with van der Waals surface area (Å²) in [7, 11) is 3.31. The van der Waals surface area contributed by atoms with Gasteiger partial charge in [-0.25, -0.2) is 0 Å². The molecule has 0 atom stereocenters. The van der Waals surface area contributed by atoms with E-state index in [0.717, 1.165) is 0 Å². The minimum Gasteiger partial charge on any atom is -0.407 e. The molecule has 0 spiro atoms. The van der Waals surface area contributed by atoms with Crippen LogP contribution in [-0.2, 0) is 11.3 Å². The van der Waals surface area contributed by atoms with Crippen LogP contribution >= 0.6 is 0 Å². The van der Waals surface area contributed by atoms with Crippen molar-refractivity contribution in [3.05, 3.63) is 5.89 Å². The SMILES string of the molecule is CNC(=O)CN(C)c1nnc(CNC(C)C)o1. The first kappa shape index (κ1) is 13.4. The van der Waals surface area contributed by atoms with Gasteiger partial charge in [-0.2, -0.15) is 0 Å². The standard InChI is InChI=1S/C10H19N5O2/c1-7(2)12-5-9-13-14-10(17-9)15(4)6-8(16)11-3/h7,12H,5-6H2,1-4H3,(H,11,16). The van der Waals surface area contributed by atoms with E-state index in [-0.39, 0.29) is 12.5 Å². The summed E-state index contributed by atoms with van der Waals surface area (Å²) in [5.74, 6) is 0.407. The van der Waals surface area contributed by atoms with Crippen LogP contribution < -0.4 is 15.5 Å². The number of amides is 1. The summed E-state index contributed by atoms with van der Waals surface area (Å²) >= 11 is 0. The molecule has 17 heavy (non-hydrogen) atoms. The fourth-order valence-corrected chi connectivity index (χ4v) is 1.12. The molecule has 0 saturated heterocycles. The first-order valence-corrected chi connectivity index (χ1v) is 5.50. The molecule has 1 rings (SSSR count). The van der Waals surface area contributed by atoms with Crippen LogP contribution in [0.15, 0.2) is 4.42 Å². The topological polar surface area (TPSA) is 83.3 Å². The first-order chi connectivity index (χ1) is 8.02. The molecule has 1 aromatic rings. The van der Waals surface area contributed by atoms with E-state index in [2.05, 4.69) is 20.8 Å². The fourth-order valence-electron chi connectivity index (χ4n) is 1.12. The second kappa shape index (κ2) is 6.19. The lowest BCUT2D eigenvalue weighted by Gasteiger charge is -2.11. The first-order valence-electron chi connectivity index (χ1n) is 5.50. The Morgan fingerprint density at radius 3 is 2.76 bits per heavy atom. The highest BCUT2D eigenvalue weighted by Gasteiger charge is 2.13. The zero-order valence-corrected chi connectivity index (χ0v) is 10.6. The number of aromatic nitrogens is 2. The van der Waals surface area contributed by atoms with E-state index in [1.165, 1.54) is 0 Å². The van der Waals surface area contributed by atoms with Gasteiger partial charge in [0.25, 0.3) is 0 Å². The highest BCUT2D eigenvalue weighted by Crippen LogP contribution is 2.09. The Morgan fingerprint density at radius 1 is 1.47 bits per heavy atom. The van der Waals surface area contributed by atoms with Crippen LogP contribution in [0.1, 0.15) is 19.7 Å². The quantitative estimate of drug-likeness (QED) is 0.714. The molecule has 2 N–H and O–H groups in total. The molecular weight excluding hydrogens is 222 g/mol. The van der Waals surface area contributed by atoms with Crippen molar-refractivity contribution in [2.24, 2.45) is 0 Å². The molecule has 0 aliphatic heterocycles. The average molecular weight is 241 g/mol. The van der Waals surface area contributed by atoms with E-state index in [0.29, 0.717) is 24.5 Å². The number of carbonyl (C=O) groups is 1. The summed E-state index contributed by atoms with van der Waals surface area (Å²) in [5.41, 5.74) is 0. The number of nitrogens with one attached hydrogen (secondary N) is 2. The van der Waals surface area contributed by atoms with E-state index in [4.69, 9.17) is 4.42 Å². The number of carbonyl (C=O) groups excluding carboxylic acids is 1. The maximum atomic E-state index is 11.2. The van der Waals surface area contributed by atoms with Crippen LogP contribution in [0.25, 0.3) is 0 Å². The van der Waals surface area contributed by atoms with Gasteiger partial charge in [-0.15, -0.1) is 5.10 Å². The van der Waals surface area contributed by atoms with E-state index in [1.54, 1.807) is 19.0 Å². The van der Waals surface area contributed by atoms with Crippen LogP contribution in [0.2, 0.25) is 0 Å². The van der Waals surface area contributed by atoms with Crippen molar-refractivity contribution >= 4 is 11.9 Å². The van der Waals surface area contributed by atoms with Gasteiger partial charge in [0.1, 0.15) is 6.54 Å². The molecule has 0 saturated carbocycles. The zero-order chi connectivity index (χ0) is 12.8. The van der Waals surface area contributed by atoms with Gasteiger partial charge in [0.15, 0.2) is 0 Å². The Bertz CT molecular complexity index is 363. The van der Waals surface area contributed by atoms with Gasteiger partial charge >= 0.3 is 6.01 Å². The van der Waals surface area contributed by atoms with Gasteiger partial charge in [0.2, 0.25) is 11.8 Å². The summed E-state index contributed by atoms with van der Waals surface area (Å²) in [5, 5.41) is 13.5. The third-order valence-corrected chi connectivity index (χ3v) is 2.10. The van der Waals surface area contributed by atoms with Crippen molar-refractivity contribution in [2.45, 2.75) is 26.4 Å². The lowest BCUT2D eigenvalue weighted by molar-refractivity contribution is -0.119. The normalized spacial score (nSPS) is 10.6. The summed E-state index contributed by atoms with van der Waals surface area (Å²) in [6.07, 6.45) is 0. The predicted octanol–water partition coefficient (Wildman–Crippen LogP) is -0.250. The number of hydrogen-bond donors (Lipinski definition) is 2. The molecule has 0 fully saturated rings. The number of anilines is 1. The van der Waals surface area contributed by atoms with E-state index in [9.17, 15) is 4.79 Å². The Hall–Kier alpha value is -1.63. The number of likely N-dealkylation sites (N-methyl/N-ethyl adjacent to an activating group) is 2. The average Bonchev–Trinajstić information content (AvgIpc) is 2.74. The van der Waals surface area contributed by atoms with Gasteiger partial charge in [-0.3, -0.25) is 4.79 Å². The number of hydrogen-bond acceptors (Lipinski definition) is 6. The lowest BCUT2D eigenvalue weighted by atomic mass is 10.4. The molecule has 0 aliphatic carbocycles. The Labute approximate surface area is 101 Å². The molecule has 7 heteroatoms. The predicted molar refractivity (Wildman–Crippen MR) is 63.6 cm³/mol. The zero-order valence-electron chi connectivity index (χ0n) is 10.6. The van der Waals surface area contributed by atoms with Crippen LogP contribution in [-0.4, -0.2) is 42.8 Å². The molecular formula is C10H19N5O2. The molecule has 0 bridgehead atoms. The Balaban J connectivity index is 2.52. The highest BCUT2D eigenvalue weighted by molar-refractivity contribution is 5.80. The second-order valence-electron chi connectivity index (χ2n) is 4.04. The van der Waals surface area contributed by atoms with Crippen molar-refractivity contribution in [2.75, 3.05) is 25.5 Å². The van der Waals surface area contributed by atoms with Crippen LogP contribution in [0.3, 0.4) is 0 Å². The summed E-state index contributed by atoms with van der Waals surface area (Å²) in [6.45, 7) is 4.79. The van der Waals surface area contributed by atoms with Crippen molar-refractivity contribution in [1.82, 2.24) is 20.8 Å². The smallest absolute Gasteiger partial charge is 0.318 e. The van der Waals surface area contributed by atoms with Gasteiger partial charge in [-0.1, -0.05) is 18.9 Å². The Morgan fingerprint density at radius 2 is 2.18 bits per heavy atom. The molecule has 1 heterocycles. The van der Waals surface area contributed by atoms with Gasteiger partial charge in [0.05, 0.1) is 6.54 Å². The minimum atomic E-state index is -0.104. The van der Waals surface area contributed by atoms with Crippen LogP contribution in [0.4, 0.5) is 6.01 Å². The van der Waals surface area contributed by atoms with Crippen molar-refractivity contribution in [3.63, 3.8) is 0 Å². The Kier molecular flexibility index (Phi) is 4.89. The van der Waals surface area contributed by atoms with E-state index < -0.39 is 0 Å². The summed E-state index contributed by atoms with van der Waals surface area (Å²) < 4.78 is 5.40. The molecule has 96 valence electrons. The maximum absolute atomic E-state index is 11.2. The highest BCUT2D eigenvalue weighted by atomic mass is 16.4. The largest absolute Gasteiger partial charge is 0.407 e. The van der Waals surface area contributed by atoms with Crippen molar-refractivity contribution < 1.29 is 9.21 Å². The molecule has 0 radical (unpaired) electrons. The third kappa shape index (κ3) is 4.39. The summed E-state index contributed by atoms with van der Waals surface area (Å²) in [6, 6.07) is 0.697. The van der Waals surface area contributed by atoms with Crippen LogP contribution in [0.5, 0.6) is 0 Å². The lowest BCUT2D eigenvalue weighted by Crippen LogP contribution is -2.33. The minimum absolute atomic E-state index is 0.104. The molecule has 1 amide bonds. The molecule has 1 aromatic heterocycles. The molecule has 0 aromatic carbocycles. The van der Waals surface area contributed by atoms with Crippen molar-refractivity contribution in [3.8, 4) is 0 Å². The molecule has 7 nitrogen and oxygen atoms in total. The number of nitrogens with zero attached hydrogens (tertiary/aromatic N) is 3. The molecule has 0 aliphatic rings. The second-order valence-corrected chi connectivity index (χ2v) is 4.04. The van der Waals surface area contributed by atoms with Gasteiger partial charge in [-0.05, 0) is 0 Å². The van der Waals surface area contributed by atoms with E-state index >= 15 is 0 Å². The summed E-state index contributed by atoms with van der Waals surface area (Å²) in [4.78, 5) is 12.8. The van der Waals surface area contributed by atoms with E-state index in [1.807, 2.05) is 13.8 Å². The van der Waals surface area contributed by atoms with Crippen molar-refractivity contribution in [1.29, 1.82) is 0 Å². The fraction of sp³-hybridized carbons (Fsp3) is 0.700. The third-order valence-electron chi connectivity index (χ3n) is 2.10. The van der Waals surface area contributed by atoms with Gasteiger partial charge in [0, 0.05) is 20.1 Å². The van der Waals surface area contributed by atoms with Crippen LogP contribution in [0, 0.1) is 0 Å². The monoisotopic (exact) mass is 241 g/mol. The molecule has 0 unspecified atom stereocenters.